The second-order valence-electron chi connectivity index (χ2n) is 3.83. The number of ether oxygens (including phenoxy) is 3. The van der Waals surface area contributed by atoms with E-state index < -0.39 is 0 Å². The topological polar surface area (TPSA) is 27.7 Å². The van der Waals surface area contributed by atoms with Gasteiger partial charge in [0.15, 0.2) is 5.79 Å². The molecule has 1 heterocycles. The van der Waals surface area contributed by atoms with E-state index in [1.54, 1.807) is 0 Å². The first-order chi connectivity index (χ1) is 6.35. The van der Waals surface area contributed by atoms with Crippen LogP contribution in [-0.2, 0) is 14.2 Å². The summed E-state index contributed by atoms with van der Waals surface area (Å²) in [6.45, 7) is 4.15. The third kappa shape index (κ3) is 2.03. The van der Waals surface area contributed by atoms with Crippen LogP contribution in [0.25, 0.3) is 0 Å². The summed E-state index contributed by atoms with van der Waals surface area (Å²) in [6.07, 6.45) is 4.77. The van der Waals surface area contributed by atoms with E-state index in [2.05, 4.69) is 0 Å². The Balaban J connectivity index is 1.79. The van der Waals surface area contributed by atoms with E-state index in [1.807, 2.05) is 6.92 Å². The predicted octanol–water partition coefficient (Wildman–Crippen LogP) is 1.71. The highest BCUT2D eigenvalue weighted by atomic mass is 16.7. The molecule has 1 atom stereocenters. The van der Waals surface area contributed by atoms with Crippen LogP contribution < -0.4 is 0 Å². The summed E-state index contributed by atoms with van der Waals surface area (Å²) >= 11 is 0. The van der Waals surface area contributed by atoms with Crippen LogP contribution in [0.1, 0.15) is 32.6 Å². The van der Waals surface area contributed by atoms with Crippen LogP contribution in [-0.4, -0.2) is 31.7 Å². The highest BCUT2D eigenvalue weighted by Crippen LogP contribution is 2.39. The minimum absolute atomic E-state index is 0.165. The van der Waals surface area contributed by atoms with Crippen molar-refractivity contribution in [2.24, 2.45) is 0 Å². The first-order valence-corrected chi connectivity index (χ1v) is 5.24. The quantitative estimate of drug-likeness (QED) is 0.671. The van der Waals surface area contributed by atoms with Crippen LogP contribution in [0.15, 0.2) is 0 Å². The van der Waals surface area contributed by atoms with Gasteiger partial charge in [-0.15, -0.1) is 0 Å². The lowest BCUT2D eigenvalue weighted by atomic mass is 10.2. The average molecular weight is 186 g/mol. The molecule has 0 bridgehead atoms. The molecule has 0 N–H and O–H groups in total. The van der Waals surface area contributed by atoms with Crippen LogP contribution in [0.4, 0.5) is 0 Å². The van der Waals surface area contributed by atoms with Crippen molar-refractivity contribution in [2.75, 3.05) is 19.8 Å². The van der Waals surface area contributed by atoms with Crippen molar-refractivity contribution in [1.29, 1.82) is 0 Å². The molecule has 1 unspecified atom stereocenters. The summed E-state index contributed by atoms with van der Waals surface area (Å²) in [5.74, 6) is -0.220. The van der Waals surface area contributed by atoms with Crippen LogP contribution in [0.2, 0.25) is 0 Å². The van der Waals surface area contributed by atoms with Gasteiger partial charge in [-0.1, -0.05) is 0 Å². The van der Waals surface area contributed by atoms with E-state index in [9.17, 15) is 0 Å². The lowest BCUT2D eigenvalue weighted by Crippen LogP contribution is -2.27. The first kappa shape index (κ1) is 9.44. The van der Waals surface area contributed by atoms with Gasteiger partial charge in [0, 0.05) is 19.4 Å². The van der Waals surface area contributed by atoms with E-state index in [1.165, 1.54) is 12.8 Å². The maximum Gasteiger partial charge on any atom is 0.169 e. The monoisotopic (exact) mass is 186 g/mol. The standard InChI is InChI=1S/C10H18O3/c1-2-11-7-9-8-12-10(13-9)5-3-4-6-10/h9H,2-8H2,1H3. The maximum atomic E-state index is 5.86. The Hall–Kier alpha value is -0.120. The SMILES string of the molecule is CCOCC1COC2(CCCC2)O1. The molecule has 3 nitrogen and oxygen atoms in total. The molecule has 3 heteroatoms. The lowest BCUT2D eigenvalue weighted by molar-refractivity contribution is -0.166. The normalized spacial score (nSPS) is 31.6. The van der Waals surface area contributed by atoms with Gasteiger partial charge in [0.1, 0.15) is 6.10 Å². The Kier molecular flexibility index (Phi) is 2.86. The van der Waals surface area contributed by atoms with E-state index in [0.717, 1.165) is 19.4 Å². The molecular weight excluding hydrogens is 168 g/mol. The van der Waals surface area contributed by atoms with Crippen molar-refractivity contribution in [3.8, 4) is 0 Å². The van der Waals surface area contributed by atoms with Gasteiger partial charge in [-0.2, -0.15) is 0 Å². The van der Waals surface area contributed by atoms with Gasteiger partial charge in [0.25, 0.3) is 0 Å². The zero-order chi connectivity index (χ0) is 9.15. The Labute approximate surface area is 79.4 Å². The van der Waals surface area contributed by atoms with Crippen LogP contribution >= 0.6 is 0 Å². The van der Waals surface area contributed by atoms with E-state index >= 15 is 0 Å². The van der Waals surface area contributed by atoms with E-state index in [4.69, 9.17) is 14.2 Å². The minimum atomic E-state index is -0.220. The molecular formula is C10H18O3. The lowest BCUT2D eigenvalue weighted by Gasteiger charge is -2.21. The Morgan fingerprint density at radius 1 is 1.38 bits per heavy atom. The zero-order valence-corrected chi connectivity index (χ0v) is 8.25. The molecule has 2 fully saturated rings. The van der Waals surface area contributed by atoms with Gasteiger partial charge < -0.3 is 14.2 Å². The Bertz CT molecular complexity index is 164. The van der Waals surface area contributed by atoms with Crippen LogP contribution in [0, 0.1) is 0 Å². The predicted molar refractivity (Wildman–Crippen MR) is 48.5 cm³/mol. The van der Waals surface area contributed by atoms with E-state index in [0.29, 0.717) is 13.2 Å². The molecule has 1 aliphatic heterocycles. The van der Waals surface area contributed by atoms with Crippen molar-refractivity contribution >= 4 is 0 Å². The van der Waals surface area contributed by atoms with Gasteiger partial charge >= 0.3 is 0 Å². The van der Waals surface area contributed by atoms with Crippen LogP contribution in [0.3, 0.4) is 0 Å². The molecule has 2 aliphatic rings. The highest BCUT2D eigenvalue weighted by Gasteiger charge is 2.43. The van der Waals surface area contributed by atoms with Gasteiger partial charge in [0.05, 0.1) is 13.2 Å². The molecule has 1 aliphatic carbocycles. The minimum Gasteiger partial charge on any atom is -0.379 e. The zero-order valence-electron chi connectivity index (χ0n) is 8.25. The van der Waals surface area contributed by atoms with Gasteiger partial charge in [-0.25, -0.2) is 0 Å². The van der Waals surface area contributed by atoms with E-state index in [-0.39, 0.29) is 11.9 Å². The number of hydrogen-bond donors (Lipinski definition) is 0. The van der Waals surface area contributed by atoms with Crippen molar-refractivity contribution in [1.82, 2.24) is 0 Å². The van der Waals surface area contributed by atoms with Crippen molar-refractivity contribution in [2.45, 2.75) is 44.5 Å². The second-order valence-corrected chi connectivity index (χ2v) is 3.83. The summed E-state index contributed by atoms with van der Waals surface area (Å²) in [7, 11) is 0. The highest BCUT2D eigenvalue weighted by molar-refractivity contribution is 4.83. The average Bonchev–Trinajstić information content (AvgIpc) is 2.74. The fourth-order valence-corrected chi connectivity index (χ4v) is 2.12. The van der Waals surface area contributed by atoms with Crippen molar-refractivity contribution in [3.05, 3.63) is 0 Å². The van der Waals surface area contributed by atoms with Gasteiger partial charge in [-0.05, 0) is 19.8 Å². The first-order valence-electron chi connectivity index (χ1n) is 5.24. The molecule has 76 valence electrons. The molecule has 13 heavy (non-hydrogen) atoms. The molecule has 0 aromatic heterocycles. The number of hydrogen-bond acceptors (Lipinski definition) is 3. The number of rotatable bonds is 3. The second kappa shape index (κ2) is 3.95. The summed E-state index contributed by atoms with van der Waals surface area (Å²) < 4.78 is 16.9. The molecule has 1 saturated heterocycles. The Morgan fingerprint density at radius 3 is 2.85 bits per heavy atom. The molecule has 1 spiro atoms. The third-order valence-corrected chi connectivity index (χ3v) is 2.79. The van der Waals surface area contributed by atoms with Crippen molar-refractivity contribution in [3.63, 3.8) is 0 Å². The molecule has 2 rings (SSSR count). The Morgan fingerprint density at radius 2 is 2.15 bits per heavy atom. The molecule has 0 aromatic rings. The summed E-state index contributed by atoms with van der Waals surface area (Å²) in [5.41, 5.74) is 0. The molecule has 0 aromatic carbocycles. The third-order valence-electron chi connectivity index (χ3n) is 2.79. The van der Waals surface area contributed by atoms with Crippen LogP contribution in [0.5, 0.6) is 0 Å². The molecule has 1 saturated carbocycles. The molecule has 0 amide bonds. The van der Waals surface area contributed by atoms with Gasteiger partial charge in [0.2, 0.25) is 0 Å². The maximum absolute atomic E-state index is 5.86. The van der Waals surface area contributed by atoms with Gasteiger partial charge in [-0.3, -0.25) is 0 Å². The molecule has 0 radical (unpaired) electrons. The van der Waals surface area contributed by atoms with Crippen molar-refractivity contribution < 1.29 is 14.2 Å². The smallest absolute Gasteiger partial charge is 0.169 e. The largest absolute Gasteiger partial charge is 0.379 e. The summed E-state index contributed by atoms with van der Waals surface area (Å²) in [6, 6.07) is 0. The fraction of sp³-hybridized carbons (Fsp3) is 1.00. The summed E-state index contributed by atoms with van der Waals surface area (Å²) in [5, 5.41) is 0. The fourth-order valence-electron chi connectivity index (χ4n) is 2.12. The summed E-state index contributed by atoms with van der Waals surface area (Å²) in [4.78, 5) is 0.